The Morgan fingerprint density at radius 2 is 1.94 bits per heavy atom. The van der Waals surface area contributed by atoms with Crippen molar-refractivity contribution in [3.8, 4) is 11.4 Å². The lowest BCUT2D eigenvalue weighted by molar-refractivity contribution is 0.0951. The Morgan fingerprint density at radius 3 is 2.56 bits per heavy atom. The van der Waals surface area contributed by atoms with Crippen LogP contribution in [0.15, 0.2) is 42.7 Å². The second-order valence-corrected chi connectivity index (χ2v) is 4.39. The third-order valence-corrected chi connectivity index (χ3v) is 2.87. The minimum atomic E-state index is -0.0439. The van der Waals surface area contributed by atoms with Crippen LogP contribution in [0, 0.1) is 0 Å². The molecule has 1 aliphatic rings. The predicted molar refractivity (Wildman–Crippen MR) is 68.0 cm³/mol. The Kier molecular flexibility index (Phi) is 2.76. The summed E-state index contributed by atoms with van der Waals surface area (Å²) in [7, 11) is 0. The fourth-order valence-corrected chi connectivity index (χ4v) is 1.69. The van der Waals surface area contributed by atoms with Gasteiger partial charge in [0.2, 0.25) is 0 Å². The van der Waals surface area contributed by atoms with Crippen molar-refractivity contribution in [2.75, 3.05) is 0 Å². The van der Waals surface area contributed by atoms with Crippen LogP contribution in [0.3, 0.4) is 0 Å². The second-order valence-electron chi connectivity index (χ2n) is 4.39. The molecule has 1 amide bonds. The van der Waals surface area contributed by atoms with Crippen LogP contribution >= 0.6 is 0 Å². The van der Waals surface area contributed by atoms with Crippen LogP contribution in [-0.2, 0) is 0 Å². The van der Waals surface area contributed by atoms with E-state index in [2.05, 4.69) is 15.3 Å². The topological polar surface area (TPSA) is 54.9 Å². The molecule has 4 heteroatoms. The molecule has 1 aliphatic carbocycles. The van der Waals surface area contributed by atoms with E-state index in [0.29, 0.717) is 11.6 Å². The Hall–Kier alpha value is -2.23. The molecule has 0 unspecified atom stereocenters. The van der Waals surface area contributed by atoms with E-state index >= 15 is 0 Å². The number of carbonyl (C=O) groups is 1. The van der Waals surface area contributed by atoms with Gasteiger partial charge >= 0.3 is 0 Å². The Bertz CT molecular complexity index is 547. The van der Waals surface area contributed by atoms with E-state index in [1.54, 1.807) is 18.5 Å². The average Bonchev–Trinajstić information content (AvgIpc) is 3.24. The van der Waals surface area contributed by atoms with E-state index in [0.717, 1.165) is 24.2 Å². The fourth-order valence-electron chi connectivity index (χ4n) is 1.69. The van der Waals surface area contributed by atoms with Crippen molar-refractivity contribution in [2.45, 2.75) is 18.9 Å². The Morgan fingerprint density at radius 1 is 1.11 bits per heavy atom. The van der Waals surface area contributed by atoms with Crippen LogP contribution in [0.1, 0.15) is 23.2 Å². The highest BCUT2D eigenvalue weighted by Crippen LogP contribution is 2.19. The summed E-state index contributed by atoms with van der Waals surface area (Å²) in [4.78, 5) is 20.3. The quantitative estimate of drug-likeness (QED) is 0.891. The van der Waals surface area contributed by atoms with Gasteiger partial charge in [0, 0.05) is 18.4 Å². The number of rotatable bonds is 3. The molecule has 0 radical (unpaired) electrons. The molecule has 90 valence electrons. The summed E-state index contributed by atoms with van der Waals surface area (Å²) >= 11 is 0. The Balaban J connectivity index is 1.78. The van der Waals surface area contributed by atoms with Gasteiger partial charge in [0.05, 0.1) is 17.0 Å². The summed E-state index contributed by atoms with van der Waals surface area (Å²) in [6, 6.07) is 9.65. The SMILES string of the molecule is O=C(NC1CC1)c1ccc(-c2ccccn2)nc1. The van der Waals surface area contributed by atoms with E-state index in [1.807, 2.05) is 24.3 Å². The van der Waals surface area contributed by atoms with Crippen molar-refractivity contribution in [3.63, 3.8) is 0 Å². The molecular weight excluding hydrogens is 226 g/mol. The van der Waals surface area contributed by atoms with E-state index < -0.39 is 0 Å². The highest BCUT2D eigenvalue weighted by Gasteiger charge is 2.23. The number of nitrogens with one attached hydrogen (secondary N) is 1. The van der Waals surface area contributed by atoms with Crippen LogP contribution in [0.4, 0.5) is 0 Å². The number of amides is 1. The van der Waals surface area contributed by atoms with Crippen LogP contribution < -0.4 is 5.32 Å². The molecule has 0 aromatic carbocycles. The van der Waals surface area contributed by atoms with Crippen LogP contribution in [0.2, 0.25) is 0 Å². The van der Waals surface area contributed by atoms with Gasteiger partial charge in [0.25, 0.3) is 5.91 Å². The second kappa shape index (κ2) is 4.56. The monoisotopic (exact) mass is 239 g/mol. The molecule has 1 N–H and O–H groups in total. The number of aromatic nitrogens is 2. The van der Waals surface area contributed by atoms with Crippen LogP contribution in [-0.4, -0.2) is 21.9 Å². The first-order valence-corrected chi connectivity index (χ1v) is 6.01. The molecule has 18 heavy (non-hydrogen) atoms. The summed E-state index contributed by atoms with van der Waals surface area (Å²) in [5.74, 6) is -0.0439. The Labute approximate surface area is 105 Å². The van der Waals surface area contributed by atoms with E-state index in [4.69, 9.17) is 0 Å². The summed E-state index contributed by atoms with van der Waals surface area (Å²) < 4.78 is 0. The summed E-state index contributed by atoms with van der Waals surface area (Å²) in [5.41, 5.74) is 2.19. The van der Waals surface area contributed by atoms with Crippen LogP contribution in [0.5, 0.6) is 0 Å². The zero-order valence-electron chi connectivity index (χ0n) is 9.84. The first kappa shape index (κ1) is 10.9. The van der Waals surface area contributed by atoms with Gasteiger partial charge in [-0.15, -0.1) is 0 Å². The van der Waals surface area contributed by atoms with Crippen molar-refractivity contribution in [2.24, 2.45) is 0 Å². The summed E-state index contributed by atoms with van der Waals surface area (Å²) in [5, 5.41) is 2.93. The van der Waals surface area contributed by atoms with Gasteiger partial charge in [-0.05, 0) is 37.1 Å². The normalized spacial score (nSPS) is 14.2. The highest BCUT2D eigenvalue weighted by atomic mass is 16.1. The molecule has 0 bridgehead atoms. The van der Waals surface area contributed by atoms with Crippen molar-refractivity contribution in [3.05, 3.63) is 48.3 Å². The van der Waals surface area contributed by atoms with Crippen molar-refractivity contribution < 1.29 is 4.79 Å². The number of hydrogen-bond donors (Lipinski definition) is 1. The fraction of sp³-hybridized carbons (Fsp3) is 0.214. The third-order valence-electron chi connectivity index (χ3n) is 2.87. The van der Waals surface area contributed by atoms with E-state index in [9.17, 15) is 4.79 Å². The maximum Gasteiger partial charge on any atom is 0.253 e. The molecule has 2 aromatic rings. The minimum Gasteiger partial charge on any atom is -0.349 e. The number of pyridine rings is 2. The van der Waals surface area contributed by atoms with Gasteiger partial charge in [-0.3, -0.25) is 14.8 Å². The van der Waals surface area contributed by atoms with Gasteiger partial charge in [0.15, 0.2) is 0 Å². The third kappa shape index (κ3) is 2.37. The smallest absolute Gasteiger partial charge is 0.253 e. The molecule has 2 aromatic heterocycles. The van der Waals surface area contributed by atoms with Crippen molar-refractivity contribution in [1.82, 2.24) is 15.3 Å². The molecule has 0 atom stereocenters. The summed E-state index contributed by atoms with van der Waals surface area (Å²) in [6.45, 7) is 0. The molecule has 0 aliphatic heterocycles. The maximum atomic E-state index is 11.8. The zero-order chi connectivity index (χ0) is 12.4. The van der Waals surface area contributed by atoms with Crippen molar-refractivity contribution in [1.29, 1.82) is 0 Å². The largest absolute Gasteiger partial charge is 0.349 e. The lowest BCUT2D eigenvalue weighted by atomic mass is 10.2. The average molecular weight is 239 g/mol. The number of hydrogen-bond acceptors (Lipinski definition) is 3. The molecule has 0 spiro atoms. The molecule has 1 saturated carbocycles. The van der Waals surface area contributed by atoms with Gasteiger partial charge in [0.1, 0.15) is 0 Å². The molecule has 2 heterocycles. The van der Waals surface area contributed by atoms with Gasteiger partial charge in [-0.1, -0.05) is 6.07 Å². The van der Waals surface area contributed by atoms with E-state index in [1.165, 1.54) is 0 Å². The highest BCUT2D eigenvalue weighted by molar-refractivity contribution is 5.94. The minimum absolute atomic E-state index is 0.0439. The zero-order valence-corrected chi connectivity index (χ0v) is 9.84. The standard InChI is InChI=1S/C14H13N3O/c18-14(17-11-5-6-11)10-4-7-13(16-9-10)12-3-1-2-8-15-12/h1-4,7-9,11H,5-6H2,(H,17,18). The molecular formula is C14H13N3O. The number of nitrogens with zero attached hydrogens (tertiary/aromatic N) is 2. The maximum absolute atomic E-state index is 11.8. The van der Waals surface area contributed by atoms with E-state index in [-0.39, 0.29) is 5.91 Å². The van der Waals surface area contributed by atoms with Crippen molar-refractivity contribution >= 4 is 5.91 Å². The first-order chi connectivity index (χ1) is 8.83. The van der Waals surface area contributed by atoms with Gasteiger partial charge < -0.3 is 5.32 Å². The predicted octanol–water partition coefficient (Wildman–Crippen LogP) is 2.04. The first-order valence-electron chi connectivity index (χ1n) is 6.01. The number of carbonyl (C=O) groups excluding carboxylic acids is 1. The summed E-state index contributed by atoms with van der Waals surface area (Å²) in [6.07, 6.45) is 5.50. The lowest BCUT2D eigenvalue weighted by Crippen LogP contribution is -2.25. The molecule has 1 fully saturated rings. The molecule has 3 rings (SSSR count). The van der Waals surface area contributed by atoms with Gasteiger partial charge in [-0.2, -0.15) is 0 Å². The molecule has 0 saturated heterocycles. The molecule has 4 nitrogen and oxygen atoms in total. The van der Waals surface area contributed by atoms with Gasteiger partial charge in [-0.25, -0.2) is 0 Å². The lowest BCUT2D eigenvalue weighted by Gasteiger charge is -2.04. The van der Waals surface area contributed by atoms with Crippen LogP contribution in [0.25, 0.3) is 11.4 Å².